The van der Waals surface area contributed by atoms with Crippen LogP contribution in [0.2, 0.25) is 0 Å². The zero-order valence-electron chi connectivity index (χ0n) is 15.8. The first-order chi connectivity index (χ1) is 13.3. The van der Waals surface area contributed by atoms with Gasteiger partial charge in [-0.1, -0.05) is 6.07 Å². The normalized spacial score (nSPS) is 9.50. The first-order valence-corrected chi connectivity index (χ1v) is 7.86. The second-order valence-electron chi connectivity index (χ2n) is 5.20. The van der Waals surface area contributed by atoms with Crippen LogP contribution in [0.25, 0.3) is 0 Å². The first kappa shape index (κ1) is 22.8. The minimum atomic E-state index is -1.63. The molecule has 0 saturated heterocycles. The lowest BCUT2D eigenvalue weighted by molar-refractivity contribution is 0.0591. The fourth-order valence-electron chi connectivity index (χ4n) is 2.09. The Morgan fingerprint density at radius 1 is 0.786 bits per heavy atom. The Balaban J connectivity index is 0.000000283. The summed E-state index contributed by atoms with van der Waals surface area (Å²) in [5.41, 5.74) is 0.834. The SMILES string of the molecule is COC(=O)c1ccc(B(O)O)c(OC)c1.COC(=O)c1ccc(O)c(OC)c1. The molecule has 0 saturated carbocycles. The van der Waals surface area contributed by atoms with E-state index in [1.54, 1.807) is 0 Å². The van der Waals surface area contributed by atoms with E-state index < -0.39 is 19.1 Å². The van der Waals surface area contributed by atoms with Crippen molar-refractivity contribution >= 4 is 24.5 Å². The number of hydrogen-bond donors (Lipinski definition) is 3. The summed E-state index contributed by atoms with van der Waals surface area (Å²) in [7, 11) is 3.72. The van der Waals surface area contributed by atoms with E-state index >= 15 is 0 Å². The van der Waals surface area contributed by atoms with Gasteiger partial charge in [-0.3, -0.25) is 0 Å². The van der Waals surface area contributed by atoms with Gasteiger partial charge in [-0.2, -0.15) is 0 Å². The molecular weight excluding hydrogens is 371 g/mol. The topological polar surface area (TPSA) is 132 Å². The van der Waals surface area contributed by atoms with Gasteiger partial charge in [-0.15, -0.1) is 0 Å². The van der Waals surface area contributed by atoms with Crippen molar-refractivity contribution in [1.29, 1.82) is 0 Å². The molecule has 0 fully saturated rings. The summed E-state index contributed by atoms with van der Waals surface area (Å²) in [6.45, 7) is 0. The second kappa shape index (κ2) is 10.8. The van der Waals surface area contributed by atoms with Gasteiger partial charge in [-0.25, -0.2) is 9.59 Å². The largest absolute Gasteiger partial charge is 0.504 e. The smallest absolute Gasteiger partial charge is 0.492 e. The van der Waals surface area contributed by atoms with Crippen molar-refractivity contribution in [2.45, 2.75) is 0 Å². The van der Waals surface area contributed by atoms with E-state index in [1.807, 2.05) is 0 Å². The third-order valence-electron chi connectivity index (χ3n) is 3.53. The quantitative estimate of drug-likeness (QED) is 0.487. The van der Waals surface area contributed by atoms with Gasteiger partial charge in [0.2, 0.25) is 0 Å². The van der Waals surface area contributed by atoms with Gasteiger partial charge >= 0.3 is 19.1 Å². The van der Waals surface area contributed by atoms with Gasteiger partial charge in [0, 0.05) is 5.46 Å². The molecule has 0 spiro atoms. The van der Waals surface area contributed by atoms with E-state index in [2.05, 4.69) is 9.47 Å². The number of hydrogen-bond acceptors (Lipinski definition) is 9. The fourth-order valence-corrected chi connectivity index (χ4v) is 2.09. The Labute approximate surface area is 162 Å². The van der Waals surface area contributed by atoms with Gasteiger partial charge in [0.05, 0.1) is 39.6 Å². The number of rotatable bonds is 5. The molecule has 3 N–H and O–H groups in total. The number of benzene rings is 2. The van der Waals surface area contributed by atoms with Gasteiger partial charge in [-0.05, 0) is 30.3 Å². The van der Waals surface area contributed by atoms with Crippen molar-refractivity contribution in [1.82, 2.24) is 0 Å². The maximum atomic E-state index is 11.2. The van der Waals surface area contributed by atoms with Gasteiger partial charge in [0.15, 0.2) is 11.5 Å². The maximum absolute atomic E-state index is 11.2. The number of carbonyl (C=O) groups is 2. The van der Waals surface area contributed by atoms with E-state index in [4.69, 9.17) is 19.5 Å². The summed E-state index contributed by atoms with van der Waals surface area (Å²) in [6, 6.07) is 8.48. The Morgan fingerprint density at radius 3 is 1.68 bits per heavy atom. The average molecular weight is 392 g/mol. The number of ether oxygens (including phenoxy) is 4. The molecule has 0 heterocycles. The van der Waals surface area contributed by atoms with Crippen molar-refractivity contribution in [2.75, 3.05) is 28.4 Å². The van der Waals surface area contributed by atoms with Crippen LogP contribution in [0, 0.1) is 0 Å². The molecule has 0 aliphatic heterocycles. The molecule has 2 aromatic rings. The number of aromatic hydroxyl groups is 1. The number of carbonyl (C=O) groups excluding carboxylic acids is 2. The molecule has 0 atom stereocenters. The van der Waals surface area contributed by atoms with Crippen LogP contribution in [0.15, 0.2) is 36.4 Å². The van der Waals surface area contributed by atoms with E-state index in [0.29, 0.717) is 11.1 Å². The summed E-state index contributed by atoms with van der Waals surface area (Å²) >= 11 is 0. The monoisotopic (exact) mass is 392 g/mol. The Morgan fingerprint density at radius 2 is 1.25 bits per heavy atom. The van der Waals surface area contributed by atoms with E-state index in [-0.39, 0.29) is 22.7 Å². The number of esters is 2. The van der Waals surface area contributed by atoms with Crippen molar-refractivity contribution in [3.63, 3.8) is 0 Å². The zero-order valence-corrected chi connectivity index (χ0v) is 15.8. The van der Waals surface area contributed by atoms with Crippen molar-refractivity contribution in [2.24, 2.45) is 0 Å². The van der Waals surface area contributed by atoms with Gasteiger partial charge in [0.1, 0.15) is 5.75 Å². The molecule has 0 aliphatic carbocycles. The Hall–Kier alpha value is -3.24. The lowest BCUT2D eigenvalue weighted by atomic mass is 9.79. The highest BCUT2D eigenvalue weighted by atomic mass is 16.5. The lowest BCUT2D eigenvalue weighted by Crippen LogP contribution is -2.31. The molecule has 150 valence electrons. The fraction of sp³-hybridized carbons (Fsp3) is 0.222. The minimum absolute atomic E-state index is 0.00449. The van der Waals surface area contributed by atoms with Crippen LogP contribution >= 0.6 is 0 Å². The molecule has 0 bridgehead atoms. The highest BCUT2D eigenvalue weighted by Crippen LogP contribution is 2.26. The van der Waals surface area contributed by atoms with Crippen LogP contribution < -0.4 is 14.9 Å². The summed E-state index contributed by atoms with van der Waals surface area (Å²) in [4.78, 5) is 22.2. The third-order valence-corrected chi connectivity index (χ3v) is 3.53. The first-order valence-electron chi connectivity index (χ1n) is 7.86. The predicted molar refractivity (Wildman–Crippen MR) is 100 cm³/mol. The summed E-state index contributed by atoms with van der Waals surface area (Å²) in [5, 5.41) is 27.2. The van der Waals surface area contributed by atoms with Crippen molar-refractivity contribution in [3.05, 3.63) is 47.5 Å². The standard InChI is InChI=1S/C9H11BO5.C9H10O4/c1-14-8-5-6(9(11)15-2)3-4-7(8)10(12)13;1-12-8-5-6(9(11)13-2)3-4-7(8)10/h3-5,12-13H,1-2H3;3-5,10H,1-2H3. The second-order valence-corrected chi connectivity index (χ2v) is 5.20. The van der Waals surface area contributed by atoms with Gasteiger partial charge < -0.3 is 34.1 Å². The molecule has 9 nitrogen and oxygen atoms in total. The highest BCUT2D eigenvalue weighted by Gasteiger charge is 2.18. The molecule has 0 radical (unpaired) electrons. The van der Waals surface area contributed by atoms with Crippen LogP contribution in [0.4, 0.5) is 0 Å². The van der Waals surface area contributed by atoms with Crippen LogP contribution in [-0.4, -0.2) is 62.7 Å². The van der Waals surface area contributed by atoms with Crippen LogP contribution in [-0.2, 0) is 9.47 Å². The van der Waals surface area contributed by atoms with Crippen LogP contribution in [0.5, 0.6) is 17.2 Å². The molecule has 0 aliphatic rings. The molecular formula is C18H21BO9. The number of phenols is 1. The van der Waals surface area contributed by atoms with Crippen LogP contribution in [0.3, 0.4) is 0 Å². The molecule has 0 amide bonds. The van der Waals surface area contributed by atoms with E-state index in [9.17, 15) is 14.7 Å². The Kier molecular flexibility index (Phi) is 8.80. The summed E-state index contributed by atoms with van der Waals surface area (Å²) in [6.07, 6.45) is 0. The van der Waals surface area contributed by atoms with E-state index in [1.165, 1.54) is 64.8 Å². The molecule has 10 heteroatoms. The average Bonchev–Trinajstić information content (AvgIpc) is 2.72. The Bertz CT molecular complexity index is 821. The molecule has 28 heavy (non-hydrogen) atoms. The molecule has 2 aromatic carbocycles. The van der Waals surface area contributed by atoms with E-state index in [0.717, 1.165) is 0 Å². The zero-order chi connectivity index (χ0) is 21.3. The van der Waals surface area contributed by atoms with Gasteiger partial charge in [0.25, 0.3) is 0 Å². The molecule has 0 unspecified atom stereocenters. The summed E-state index contributed by atoms with van der Waals surface area (Å²) in [5.74, 6) is -0.489. The third kappa shape index (κ3) is 5.90. The summed E-state index contributed by atoms with van der Waals surface area (Å²) < 4.78 is 18.8. The maximum Gasteiger partial charge on any atom is 0.492 e. The lowest BCUT2D eigenvalue weighted by Gasteiger charge is -2.08. The molecule has 2 rings (SSSR count). The van der Waals surface area contributed by atoms with Crippen molar-refractivity contribution in [3.8, 4) is 17.2 Å². The molecule has 0 aromatic heterocycles. The predicted octanol–water partition coefficient (Wildman–Crippen LogP) is 0.349. The number of methoxy groups -OCH3 is 4. The highest BCUT2D eigenvalue weighted by molar-refractivity contribution is 6.59. The van der Waals surface area contributed by atoms with Crippen LogP contribution in [0.1, 0.15) is 20.7 Å². The van der Waals surface area contributed by atoms with Crippen molar-refractivity contribution < 1.29 is 43.7 Å². The minimum Gasteiger partial charge on any atom is -0.504 e. The number of phenolic OH excluding ortho intramolecular Hbond substituents is 1.